The molecular weight excluding hydrogens is 295 g/mol. The number of benzene rings is 1. The van der Waals surface area contributed by atoms with Gasteiger partial charge in [-0.2, -0.15) is 5.10 Å². The van der Waals surface area contributed by atoms with Crippen molar-refractivity contribution in [1.82, 2.24) is 19.7 Å². The molecule has 2 heterocycles. The average molecular weight is 309 g/mol. The van der Waals surface area contributed by atoms with E-state index in [1.165, 1.54) is 0 Å². The van der Waals surface area contributed by atoms with E-state index < -0.39 is 0 Å². The van der Waals surface area contributed by atoms with Crippen molar-refractivity contribution in [3.05, 3.63) is 33.6 Å². The van der Waals surface area contributed by atoms with Gasteiger partial charge in [-0.15, -0.1) is 0 Å². The zero-order valence-electron chi connectivity index (χ0n) is 11.5. The summed E-state index contributed by atoms with van der Waals surface area (Å²) in [4.78, 5) is 7.89. The number of halogens is 2. The molecule has 0 saturated carbocycles. The Morgan fingerprint density at radius 1 is 1.20 bits per heavy atom. The van der Waals surface area contributed by atoms with Gasteiger partial charge in [-0.25, -0.2) is 4.98 Å². The summed E-state index contributed by atoms with van der Waals surface area (Å²) in [7, 11) is 0. The summed E-state index contributed by atoms with van der Waals surface area (Å²) in [6.07, 6.45) is 0. The number of H-pyrrole nitrogens is 1. The van der Waals surface area contributed by atoms with Gasteiger partial charge in [0.1, 0.15) is 5.82 Å². The van der Waals surface area contributed by atoms with Crippen molar-refractivity contribution in [3.63, 3.8) is 0 Å². The van der Waals surface area contributed by atoms with Crippen LogP contribution >= 0.6 is 23.2 Å². The SMILES string of the molecule is CCn1nc(C)c(-c2nc3cc(Cl)c(Cl)cc3[nH]2)c1C. The molecular formula is C14H14Cl2N4. The molecule has 0 spiro atoms. The Hall–Kier alpha value is -1.52. The van der Waals surface area contributed by atoms with E-state index in [0.29, 0.717) is 10.0 Å². The molecule has 4 nitrogen and oxygen atoms in total. The summed E-state index contributed by atoms with van der Waals surface area (Å²) in [6.45, 7) is 6.94. The van der Waals surface area contributed by atoms with E-state index in [-0.39, 0.29) is 0 Å². The molecule has 1 N–H and O–H groups in total. The molecule has 6 heteroatoms. The first kappa shape index (κ1) is 13.5. The molecule has 0 amide bonds. The zero-order valence-corrected chi connectivity index (χ0v) is 13.0. The summed E-state index contributed by atoms with van der Waals surface area (Å²) in [6, 6.07) is 3.57. The molecule has 20 heavy (non-hydrogen) atoms. The smallest absolute Gasteiger partial charge is 0.142 e. The molecule has 2 aromatic heterocycles. The second-order valence-electron chi connectivity index (χ2n) is 4.73. The third kappa shape index (κ3) is 2.00. The first-order valence-corrected chi connectivity index (χ1v) is 7.16. The van der Waals surface area contributed by atoms with Gasteiger partial charge < -0.3 is 4.98 Å². The maximum absolute atomic E-state index is 6.04. The van der Waals surface area contributed by atoms with Crippen molar-refractivity contribution >= 4 is 34.2 Å². The van der Waals surface area contributed by atoms with Crippen LogP contribution < -0.4 is 0 Å². The average Bonchev–Trinajstić information content (AvgIpc) is 2.90. The second-order valence-corrected chi connectivity index (χ2v) is 5.54. The third-order valence-electron chi connectivity index (χ3n) is 3.44. The van der Waals surface area contributed by atoms with Gasteiger partial charge in [0.25, 0.3) is 0 Å². The van der Waals surface area contributed by atoms with E-state index in [1.54, 1.807) is 12.1 Å². The lowest BCUT2D eigenvalue weighted by molar-refractivity contribution is 0.634. The van der Waals surface area contributed by atoms with E-state index in [4.69, 9.17) is 23.2 Å². The highest BCUT2D eigenvalue weighted by atomic mass is 35.5. The van der Waals surface area contributed by atoms with Crippen LogP contribution in [0.4, 0.5) is 0 Å². The molecule has 0 atom stereocenters. The molecule has 0 aliphatic carbocycles. The lowest BCUT2D eigenvalue weighted by Gasteiger charge is -1.99. The van der Waals surface area contributed by atoms with Gasteiger partial charge in [-0.05, 0) is 32.9 Å². The Balaban J connectivity index is 2.22. The van der Waals surface area contributed by atoms with E-state index >= 15 is 0 Å². The van der Waals surface area contributed by atoms with Crippen molar-refractivity contribution in [1.29, 1.82) is 0 Å². The van der Waals surface area contributed by atoms with Gasteiger partial charge in [0.2, 0.25) is 0 Å². The van der Waals surface area contributed by atoms with Crippen LogP contribution in [0.15, 0.2) is 12.1 Å². The fourth-order valence-corrected chi connectivity index (χ4v) is 2.79. The molecule has 1 aromatic carbocycles. The predicted molar refractivity (Wildman–Crippen MR) is 82.5 cm³/mol. The van der Waals surface area contributed by atoms with Crippen molar-refractivity contribution in [2.75, 3.05) is 0 Å². The molecule has 0 unspecified atom stereocenters. The summed E-state index contributed by atoms with van der Waals surface area (Å²) < 4.78 is 1.97. The lowest BCUT2D eigenvalue weighted by atomic mass is 10.2. The quantitative estimate of drug-likeness (QED) is 0.764. The maximum Gasteiger partial charge on any atom is 0.142 e. The van der Waals surface area contributed by atoms with Crippen LogP contribution in [0, 0.1) is 13.8 Å². The number of aryl methyl sites for hydroxylation is 2. The number of nitrogens with zero attached hydrogens (tertiary/aromatic N) is 3. The molecule has 3 rings (SSSR count). The highest BCUT2D eigenvalue weighted by Gasteiger charge is 2.16. The maximum atomic E-state index is 6.04. The molecule has 0 aliphatic heterocycles. The molecule has 0 radical (unpaired) electrons. The normalized spacial score (nSPS) is 11.4. The van der Waals surface area contributed by atoms with Crippen LogP contribution in [-0.4, -0.2) is 19.7 Å². The lowest BCUT2D eigenvalue weighted by Crippen LogP contribution is -1.98. The van der Waals surface area contributed by atoms with Crippen molar-refractivity contribution in [2.24, 2.45) is 0 Å². The van der Waals surface area contributed by atoms with Crippen LogP contribution in [0.1, 0.15) is 18.3 Å². The molecule has 3 aromatic rings. The number of imidazole rings is 1. The van der Waals surface area contributed by atoms with Gasteiger partial charge >= 0.3 is 0 Å². The third-order valence-corrected chi connectivity index (χ3v) is 4.16. The zero-order chi connectivity index (χ0) is 14.4. The standard InChI is InChI=1S/C14H14Cl2N4/c1-4-20-8(3)13(7(2)19-20)14-17-11-5-9(15)10(16)6-12(11)18-14/h5-6H,4H2,1-3H3,(H,17,18). The molecule has 0 bridgehead atoms. The monoisotopic (exact) mass is 308 g/mol. The van der Waals surface area contributed by atoms with Crippen molar-refractivity contribution in [2.45, 2.75) is 27.3 Å². The number of hydrogen-bond donors (Lipinski definition) is 1. The molecule has 0 aliphatic rings. The Morgan fingerprint density at radius 3 is 2.55 bits per heavy atom. The summed E-state index contributed by atoms with van der Waals surface area (Å²) in [5, 5.41) is 5.54. The molecule has 104 valence electrons. The minimum Gasteiger partial charge on any atom is -0.338 e. The topological polar surface area (TPSA) is 46.5 Å². The van der Waals surface area contributed by atoms with Crippen LogP contribution in [0.2, 0.25) is 10.0 Å². The van der Waals surface area contributed by atoms with E-state index in [2.05, 4.69) is 22.0 Å². The van der Waals surface area contributed by atoms with Crippen molar-refractivity contribution < 1.29 is 0 Å². The number of hydrogen-bond acceptors (Lipinski definition) is 2. The van der Waals surface area contributed by atoms with E-state index in [9.17, 15) is 0 Å². The minimum absolute atomic E-state index is 0.509. The van der Waals surface area contributed by atoms with Crippen molar-refractivity contribution in [3.8, 4) is 11.4 Å². The number of aromatic amines is 1. The Bertz CT molecular complexity index is 762. The second kappa shape index (κ2) is 4.79. The van der Waals surface area contributed by atoms with Gasteiger partial charge in [-0.1, -0.05) is 23.2 Å². The van der Waals surface area contributed by atoms with Crippen LogP contribution in [0.3, 0.4) is 0 Å². The first-order valence-electron chi connectivity index (χ1n) is 6.40. The minimum atomic E-state index is 0.509. The number of fused-ring (bicyclic) bond motifs is 1. The number of rotatable bonds is 2. The Labute approximate surface area is 126 Å². The number of aromatic nitrogens is 4. The van der Waals surface area contributed by atoms with Gasteiger partial charge in [-0.3, -0.25) is 4.68 Å². The summed E-state index contributed by atoms with van der Waals surface area (Å²) in [5.41, 5.74) is 4.77. The van der Waals surface area contributed by atoms with Crippen LogP contribution in [0.5, 0.6) is 0 Å². The Kier molecular flexibility index (Phi) is 3.22. The van der Waals surface area contributed by atoms with E-state index in [1.807, 2.05) is 18.5 Å². The summed E-state index contributed by atoms with van der Waals surface area (Å²) >= 11 is 12.1. The molecule has 0 saturated heterocycles. The highest BCUT2D eigenvalue weighted by Crippen LogP contribution is 2.30. The first-order chi connectivity index (χ1) is 9.51. The molecule has 0 fully saturated rings. The van der Waals surface area contributed by atoms with E-state index in [0.717, 1.165) is 40.4 Å². The van der Waals surface area contributed by atoms with Crippen LogP contribution in [0.25, 0.3) is 22.4 Å². The summed E-state index contributed by atoms with van der Waals surface area (Å²) in [5.74, 6) is 0.799. The van der Waals surface area contributed by atoms with Gasteiger partial charge in [0.05, 0.1) is 32.3 Å². The van der Waals surface area contributed by atoms with Gasteiger partial charge in [0, 0.05) is 12.2 Å². The fraction of sp³-hybridized carbons (Fsp3) is 0.286. The fourth-order valence-electron chi connectivity index (χ4n) is 2.47. The largest absolute Gasteiger partial charge is 0.338 e. The number of nitrogens with one attached hydrogen (secondary N) is 1. The Morgan fingerprint density at radius 2 is 1.90 bits per heavy atom. The highest BCUT2D eigenvalue weighted by molar-refractivity contribution is 6.42. The predicted octanol–water partition coefficient (Wildman–Crippen LogP) is 4.37. The van der Waals surface area contributed by atoms with Gasteiger partial charge in [0.15, 0.2) is 0 Å². The van der Waals surface area contributed by atoms with Crippen LogP contribution in [-0.2, 0) is 6.54 Å².